The monoisotopic (exact) mass is 390 g/mol. The third kappa shape index (κ3) is 4.54. The summed E-state index contributed by atoms with van der Waals surface area (Å²) in [5.41, 5.74) is 1.11. The summed E-state index contributed by atoms with van der Waals surface area (Å²) in [4.78, 5) is 6.80. The minimum Gasteiger partial charge on any atom is -0.424 e. The van der Waals surface area contributed by atoms with Crippen molar-refractivity contribution in [1.82, 2.24) is 4.98 Å². The molecule has 1 aromatic heterocycles. The summed E-state index contributed by atoms with van der Waals surface area (Å²) in [5, 5.41) is 0.0734. The summed E-state index contributed by atoms with van der Waals surface area (Å²) in [6.45, 7) is 7.83. The van der Waals surface area contributed by atoms with Crippen LogP contribution in [-0.2, 0) is 22.7 Å². The van der Waals surface area contributed by atoms with Crippen LogP contribution < -0.4 is 4.90 Å². The molecular formula is C21H30N2O3S. The van der Waals surface area contributed by atoms with Gasteiger partial charge >= 0.3 is 0 Å². The summed E-state index contributed by atoms with van der Waals surface area (Å²) >= 11 is 0. The Labute approximate surface area is 162 Å². The highest BCUT2D eigenvalue weighted by Gasteiger charge is 2.31. The molecule has 1 aliphatic heterocycles. The molecule has 27 heavy (non-hydrogen) atoms. The van der Waals surface area contributed by atoms with Gasteiger partial charge in [-0.15, -0.1) is 0 Å². The van der Waals surface area contributed by atoms with Crippen LogP contribution in [0.5, 0.6) is 0 Å². The third-order valence-electron chi connectivity index (χ3n) is 5.00. The molecule has 1 aliphatic rings. The second kappa shape index (κ2) is 8.46. The van der Waals surface area contributed by atoms with Gasteiger partial charge in [0, 0.05) is 19.5 Å². The van der Waals surface area contributed by atoms with Crippen molar-refractivity contribution in [3.8, 4) is 0 Å². The average molecular weight is 391 g/mol. The van der Waals surface area contributed by atoms with E-state index in [-0.39, 0.29) is 9.92 Å². The standard InChI is InChI=1S/C21H30N2O3S/c1-4-17-9-11-18(12-10-17)27(24,25)20-21(23-13-7-5-6-8-14-23)26-19(22-20)15-16(2)3/h9-12,16H,4-8,13-15H2,1-3H3. The van der Waals surface area contributed by atoms with Crippen molar-refractivity contribution < 1.29 is 12.8 Å². The fraction of sp³-hybridized carbons (Fsp3) is 0.571. The second-order valence-electron chi connectivity index (χ2n) is 7.72. The number of sulfone groups is 1. The first-order chi connectivity index (χ1) is 12.9. The topological polar surface area (TPSA) is 63.4 Å². The van der Waals surface area contributed by atoms with E-state index < -0.39 is 9.84 Å². The largest absolute Gasteiger partial charge is 0.424 e. The molecule has 1 fully saturated rings. The molecule has 0 unspecified atom stereocenters. The molecule has 3 rings (SSSR count). The Hall–Kier alpha value is -1.82. The number of aromatic nitrogens is 1. The Morgan fingerprint density at radius 3 is 2.26 bits per heavy atom. The van der Waals surface area contributed by atoms with Crippen LogP contribution in [0.1, 0.15) is 57.9 Å². The lowest BCUT2D eigenvalue weighted by Gasteiger charge is -2.20. The molecule has 0 N–H and O–H groups in total. The molecule has 5 nitrogen and oxygen atoms in total. The van der Waals surface area contributed by atoms with Crippen LogP contribution in [0.2, 0.25) is 0 Å². The number of rotatable bonds is 6. The van der Waals surface area contributed by atoms with E-state index in [9.17, 15) is 8.42 Å². The smallest absolute Gasteiger partial charge is 0.236 e. The SMILES string of the molecule is CCc1ccc(S(=O)(=O)c2nc(CC(C)C)oc2N2CCCCCC2)cc1. The Balaban J connectivity index is 2.03. The van der Waals surface area contributed by atoms with Crippen LogP contribution in [0, 0.1) is 5.92 Å². The number of anilines is 1. The highest BCUT2D eigenvalue weighted by molar-refractivity contribution is 7.91. The number of hydrogen-bond acceptors (Lipinski definition) is 5. The van der Waals surface area contributed by atoms with Crippen molar-refractivity contribution in [2.45, 2.75) is 69.2 Å². The normalized spacial score (nSPS) is 15.9. The first-order valence-corrected chi connectivity index (χ1v) is 11.5. The van der Waals surface area contributed by atoms with E-state index in [0.29, 0.717) is 24.1 Å². The van der Waals surface area contributed by atoms with Crippen LogP contribution in [0.4, 0.5) is 5.88 Å². The molecule has 1 aromatic carbocycles. The quantitative estimate of drug-likeness (QED) is 0.718. The van der Waals surface area contributed by atoms with Gasteiger partial charge in [-0.2, -0.15) is 4.98 Å². The maximum absolute atomic E-state index is 13.3. The van der Waals surface area contributed by atoms with E-state index in [0.717, 1.165) is 37.9 Å². The Morgan fingerprint density at radius 1 is 1.07 bits per heavy atom. The van der Waals surface area contributed by atoms with E-state index in [1.165, 1.54) is 12.8 Å². The molecule has 1 saturated heterocycles. The van der Waals surface area contributed by atoms with Crippen LogP contribution >= 0.6 is 0 Å². The molecular weight excluding hydrogens is 360 g/mol. The maximum Gasteiger partial charge on any atom is 0.236 e. The van der Waals surface area contributed by atoms with E-state index in [1.807, 2.05) is 12.1 Å². The summed E-state index contributed by atoms with van der Waals surface area (Å²) in [6.07, 6.45) is 5.94. The van der Waals surface area contributed by atoms with Crippen molar-refractivity contribution in [3.63, 3.8) is 0 Å². The highest BCUT2D eigenvalue weighted by atomic mass is 32.2. The van der Waals surface area contributed by atoms with Crippen molar-refractivity contribution in [3.05, 3.63) is 35.7 Å². The Morgan fingerprint density at radius 2 is 1.70 bits per heavy atom. The van der Waals surface area contributed by atoms with Gasteiger partial charge in [0.2, 0.25) is 20.7 Å². The van der Waals surface area contributed by atoms with Gasteiger partial charge in [-0.1, -0.05) is 45.7 Å². The predicted octanol–water partition coefficient (Wildman–Crippen LogP) is 4.65. The zero-order chi connectivity index (χ0) is 19.4. The third-order valence-corrected chi connectivity index (χ3v) is 6.66. The minimum atomic E-state index is -3.72. The van der Waals surface area contributed by atoms with Crippen LogP contribution in [0.3, 0.4) is 0 Å². The van der Waals surface area contributed by atoms with Gasteiger partial charge in [-0.05, 0) is 42.9 Å². The molecule has 148 valence electrons. The molecule has 0 saturated carbocycles. The van der Waals surface area contributed by atoms with E-state index in [4.69, 9.17) is 4.42 Å². The summed E-state index contributed by atoms with van der Waals surface area (Å²) < 4.78 is 32.7. The summed E-state index contributed by atoms with van der Waals surface area (Å²) in [7, 11) is -3.72. The summed E-state index contributed by atoms with van der Waals surface area (Å²) in [6, 6.07) is 7.09. The molecule has 6 heteroatoms. The number of aryl methyl sites for hydroxylation is 1. The van der Waals surface area contributed by atoms with Crippen LogP contribution in [0.25, 0.3) is 0 Å². The van der Waals surface area contributed by atoms with Crippen molar-refractivity contribution in [1.29, 1.82) is 0 Å². The van der Waals surface area contributed by atoms with Crippen molar-refractivity contribution >= 4 is 15.7 Å². The molecule has 2 aromatic rings. The fourth-order valence-corrected chi connectivity index (χ4v) is 4.78. The fourth-order valence-electron chi connectivity index (χ4n) is 3.44. The zero-order valence-electron chi connectivity index (χ0n) is 16.6. The molecule has 0 amide bonds. The van der Waals surface area contributed by atoms with Gasteiger partial charge in [-0.3, -0.25) is 0 Å². The number of oxazole rings is 1. The van der Waals surface area contributed by atoms with Crippen molar-refractivity contribution in [2.24, 2.45) is 5.92 Å². The second-order valence-corrected chi connectivity index (χ2v) is 9.58. The molecule has 0 radical (unpaired) electrons. The minimum absolute atomic E-state index is 0.0734. The van der Waals surface area contributed by atoms with Gasteiger partial charge in [0.05, 0.1) is 4.90 Å². The number of hydrogen-bond donors (Lipinski definition) is 0. The van der Waals surface area contributed by atoms with Gasteiger partial charge < -0.3 is 9.32 Å². The molecule has 2 heterocycles. The molecule has 0 aliphatic carbocycles. The van der Waals surface area contributed by atoms with Crippen LogP contribution in [0.15, 0.2) is 38.6 Å². The molecule has 0 atom stereocenters. The zero-order valence-corrected chi connectivity index (χ0v) is 17.4. The van der Waals surface area contributed by atoms with Gasteiger partial charge in [0.25, 0.3) is 0 Å². The number of nitrogens with zero attached hydrogens (tertiary/aromatic N) is 2. The maximum atomic E-state index is 13.3. The van der Waals surface area contributed by atoms with Crippen molar-refractivity contribution in [2.75, 3.05) is 18.0 Å². The highest BCUT2D eigenvalue weighted by Crippen LogP contribution is 2.33. The lowest BCUT2D eigenvalue weighted by Crippen LogP contribution is -2.25. The Kier molecular flexibility index (Phi) is 6.25. The lowest BCUT2D eigenvalue weighted by molar-refractivity contribution is 0.452. The molecule has 0 spiro atoms. The summed E-state index contributed by atoms with van der Waals surface area (Å²) in [5.74, 6) is 1.28. The van der Waals surface area contributed by atoms with E-state index in [2.05, 4.69) is 30.7 Å². The van der Waals surface area contributed by atoms with Gasteiger partial charge in [0.1, 0.15) is 0 Å². The predicted molar refractivity (Wildman–Crippen MR) is 107 cm³/mol. The lowest BCUT2D eigenvalue weighted by atomic mass is 10.1. The van der Waals surface area contributed by atoms with Gasteiger partial charge in [0.15, 0.2) is 5.89 Å². The van der Waals surface area contributed by atoms with E-state index >= 15 is 0 Å². The van der Waals surface area contributed by atoms with Gasteiger partial charge in [-0.25, -0.2) is 8.42 Å². The van der Waals surface area contributed by atoms with E-state index in [1.54, 1.807) is 12.1 Å². The Bertz CT molecular complexity index is 846. The molecule has 0 bridgehead atoms. The number of benzene rings is 1. The average Bonchev–Trinajstić information content (AvgIpc) is 2.88. The first-order valence-electron chi connectivity index (χ1n) is 10.0. The first kappa shape index (κ1) is 19.9. The van der Waals surface area contributed by atoms with Crippen LogP contribution in [-0.4, -0.2) is 26.5 Å².